The molecule has 0 spiro atoms. The second-order valence-corrected chi connectivity index (χ2v) is 9.58. The van der Waals surface area contributed by atoms with Gasteiger partial charge in [-0.2, -0.15) is 0 Å². The molecule has 2 heterocycles. The van der Waals surface area contributed by atoms with E-state index in [2.05, 4.69) is 10.3 Å². The summed E-state index contributed by atoms with van der Waals surface area (Å²) in [6.45, 7) is 3.76. The van der Waals surface area contributed by atoms with Crippen LogP contribution in [0.1, 0.15) is 61.3 Å². The van der Waals surface area contributed by atoms with Crippen molar-refractivity contribution in [1.82, 2.24) is 10.3 Å². The molecule has 1 saturated carbocycles. The van der Waals surface area contributed by atoms with Gasteiger partial charge in [-0.05, 0) is 38.8 Å². The molecule has 1 N–H and O–H groups in total. The molecule has 2 aromatic heterocycles. The van der Waals surface area contributed by atoms with E-state index in [1.807, 2.05) is 32.0 Å². The summed E-state index contributed by atoms with van der Waals surface area (Å²) in [5.41, 5.74) is 0.0649. The van der Waals surface area contributed by atoms with Crippen LogP contribution in [0.3, 0.4) is 0 Å². The lowest BCUT2D eigenvalue weighted by Gasteiger charge is -2.26. The number of amides is 1. The van der Waals surface area contributed by atoms with E-state index in [0.29, 0.717) is 15.0 Å². The van der Waals surface area contributed by atoms with Crippen molar-refractivity contribution in [2.24, 2.45) is 0 Å². The first-order valence-corrected chi connectivity index (χ1v) is 10.8. The number of nitrogens with one attached hydrogen (secondary N) is 1. The van der Waals surface area contributed by atoms with Gasteiger partial charge >= 0.3 is 5.00 Å². The van der Waals surface area contributed by atoms with Crippen LogP contribution in [-0.2, 0) is 5.54 Å². The van der Waals surface area contributed by atoms with Gasteiger partial charge in [0.25, 0.3) is 5.91 Å². The Hall–Kier alpha value is -1.93. The number of nitrogens with zero attached hydrogens (tertiary/aromatic N) is 2. The fourth-order valence-corrected chi connectivity index (χ4v) is 5.61. The monoisotopic (exact) mass is 405 g/mol. The van der Waals surface area contributed by atoms with Crippen LogP contribution in [0.25, 0.3) is 0 Å². The Morgan fingerprint density at radius 1 is 1.33 bits per heavy atom. The Balaban J connectivity index is 1.83. The lowest BCUT2D eigenvalue weighted by Crippen LogP contribution is -2.41. The topological polar surface area (TPSA) is 85.1 Å². The van der Waals surface area contributed by atoms with Crippen LogP contribution in [0.4, 0.5) is 5.00 Å². The highest BCUT2D eigenvalue weighted by atomic mass is 32.2. The molecule has 144 valence electrons. The number of carbonyl (C=O) groups is 1. The van der Waals surface area contributed by atoms with Gasteiger partial charge in [-0.25, -0.2) is 0 Å². The lowest BCUT2D eigenvalue weighted by atomic mass is 10.00. The van der Waals surface area contributed by atoms with Gasteiger partial charge in [0.1, 0.15) is 4.88 Å². The van der Waals surface area contributed by atoms with Gasteiger partial charge in [-0.15, -0.1) is 11.8 Å². The summed E-state index contributed by atoms with van der Waals surface area (Å²) in [7, 11) is 0. The van der Waals surface area contributed by atoms with Crippen molar-refractivity contribution in [3.05, 3.63) is 51.1 Å². The molecule has 6 nitrogen and oxygen atoms in total. The third-order valence-electron chi connectivity index (χ3n) is 4.65. The minimum absolute atomic E-state index is 0.00843. The molecule has 0 bridgehead atoms. The maximum Gasteiger partial charge on any atom is 0.325 e. The first-order chi connectivity index (χ1) is 12.9. The van der Waals surface area contributed by atoms with Crippen molar-refractivity contribution in [2.45, 2.75) is 61.6 Å². The van der Waals surface area contributed by atoms with Crippen LogP contribution in [0.2, 0.25) is 0 Å². The number of thioether (sulfide) groups is 1. The number of pyridine rings is 1. The van der Waals surface area contributed by atoms with Gasteiger partial charge in [0.15, 0.2) is 0 Å². The van der Waals surface area contributed by atoms with Crippen molar-refractivity contribution in [3.8, 4) is 0 Å². The predicted octanol–water partition coefficient (Wildman–Crippen LogP) is 5.14. The molecule has 0 aliphatic heterocycles. The molecular weight excluding hydrogens is 382 g/mol. The highest BCUT2D eigenvalue weighted by Gasteiger charge is 2.30. The van der Waals surface area contributed by atoms with E-state index in [-0.39, 0.29) is 10.9 Å². The standard InChI is InChI=1S/C19H23N3O3S2/c1-19(2,15-10-6-7-11-20-15)21-18(23)17-14(12-16(27-17)22(24)25)26-13-8-4-3-5-9-13/h6-7,10-13H,3-5,8-9H2,1-2H3,(H,21,23). The Bertz CT molecular complexity index is 815. The number of hydrogen-bond donors (Lipinski definition) is 1. The van der Waals surface area contributed by atoms with E-state index in [1.54, 1.807) is 24.0 Å². The highest BCUT2D eigenvalue weighted by Crippen LogP contribution is 2.41. The molecule has 8 heteroatoms. The molecule has 0 unspecified atom stereocenters. The summed E-state index contributed by atoms with van der Waals surface area (Å²) in [6, 6.07) is 7.10. The molecule has 1 aliphatic carbocycles. The van der Waals surface area contributed by atoms with Crippen LogP contribution in [0, 0.1) is 10.1 Å². The first kappa shape index (κ1) is 19.8. The number of aromatic nitrogens is 1. The molecule has 0 radical (unpaired) electrons. The second kappa shape index (κ2) is 8.39. The Morgan fingerprint density at radius 2 is 2.07 bits per heavy atom. The molecule has 1 fully saturated rings. The number of nitro groups is 1. The second-order valence-electron chi connectivity index (χ2n) is 7.21. The van der Waals surface area contributed by atoms with E-state index < -0.39 is 10.5 Å². The van der Waals surface area contributed by atoms with Gasteiger partial charge in [-0.1, -0.05) is 36.7 Å². The van der Waals surface area contributed by atoms with Crippen LogP contribution in [-0.4, -0.2) is 21.1 Å². The quantitative estimate of drug-likeness (QED) is 0.531. The first-order valence-electron chi connectivity index (χ1n) is 9.06. The number of carbonyl (C=O) groups excluding carboxylic acids is 1. The molecule has 0 atom stereocenters. The Kier molecular flexibility index (Phi) is 6.16. The number of hydrogen-bond acceptors (Lipinski definition) is 6. The Morgan fingerprint density at radius 3 is 2.70 bits per heavy atom. The number of rotatable bonds is 6. The average Bonchev–Trinajstić information content (AvgIpc) is 3.07. The van der Waals surface area contributed by atoms with E-state index in [1.165, 1.54) is 19.3 Å². The largest absolute Gasteiger partial charge is 0.341 e. The van der Waals surface area contributed by atoms with E-state index >= 15 is 0 Å². The SMILES string of the molecule is CC(C)(NC(=O)c1sc([N+](=O)[O-])cc1SC1CCCCC1)c1ccccn1. The van der Waals surface area contributed by atoms with E-state index in [9.17, 15) is 14.9 Å². The maximum atomic E-state index is 13.0. The third-order valence-corrected chi connectivity index (χ3v) is 7.24. The summed E-state index contributed by atoms with van der Waals surface area (Å²) >= 11 is 2.56. The third kappa shape index (κ3) is 4.87. The van der Waals surface area contributed by atoms with Crippen LogP contribution in [0.15, 0.2) is 35.4 Å². The molecule has 0 aromatic carbocycles. The Labute approximate surface area is 166 Å². The fraction of sp³-hybridized carbons (Fsp3) is 0.474. The van der Waals surface area contributed by atoms with Crippen LogP contribution < -0.4 is 5.32 Å². The molecule has 2 aromatic rings. The van der Waals surface area contributed by atoms with E-state index in [4.69, 9.17) is 0 Å². The average molecular weight is 406 g/mol. The zero-order valence-corrected chi connectivity index (χ0v) is 17.1. The number of thiophene rings is 1. The summed E-state index contributed by atoms with van der Waals surface area (Å²) in [6.07, 6.45) is 7.47. The van der Waals surface area contributed by atoms with Gasteiger partial charge in [0.05, 0.1) is 16.2 Å². The van der Waals surface area contributed by atoms with Gasteiger partial charge in [0.2, 0.25) is 0 Å². The molecule has 0 saturated heterocycles. The molecule has 3 rings (SSSR count). The summed E-state index contributed by atoms with van der Waals surface area (Å²) in [5, 5.41) is 14.7. The maximum absolute atomic E-state index is 13.0. The van der Waals surface area contributed by atoms with Gasteiger partial charge < -0.3 is 5.32 Å². The van der Waals surface area contributed by atoms with Crippen molar-refractivity contribution >= 4 is 34.0 Å². The zero-order chi connectivity index (χ0) is 19.4. The van der Waals surface area contributed by atoms with Crippen molar-refractivity contribution in [2.75, 3.05) is 0 Å². The normalized spacial score (nSPS) is 15.5. The molecule has 27 heavy (non-hydrogen) atoms. The summed E-state index contributed by atoms with van der Waals surface area (Å²) < 4.78 is 0. The van der Waals surface area contributed by atoms with Crippen molar-refractivity contribution < 1.29 is 9.72 Å². The van der Waals surface area contributed by atoms with Crippen LogP contribution in [0.5, 0.6) is 0 Å². The summed E-state index contributed by atoms with van der Waals surface area (Å²) in [4.78, 5) is 29.3. The zero-order valence-electron chi connectivity index (χ0n) is 15.4. The minimum Gasteiger partial charge on any atom is -0.341 e. The minimum atomic E-state index is -0.677. The van der Waals surface area contributed by atoms with Crippen molar-refractivity contribution in [1.29, 1.82) is 0 Å². The fourth-order valence-electron chi connectivity index (χ4n) is 3.20. The molecule has 1 amide bonds. The van der Waals surface area contributed by atoms with Gasteiger partial charge in [0, 0.05) is 22.4 Å². The van der Waals surface area contributed by atoms with E-state index in [0.717, 1.165) is 29.9 Å². The lowest BCUT2D eigenvalue weighted by molar-refractivity contribution is -0.380. The molecule has 1 aliphatic rings. The predicted molar refractivity (Wildman–Crippen MR) is 108 cm³/mol. The smallest absolute Gasteiger partial charge is 0.325 e. The highest BCUT2D eigenvalue weighted by molar-refractivity contribution is 8.00. The van der Waals surface area contributed by atoms with Crippen molar-refractivity contribution in [3.63, 3.8) is 0 Å². The summed E-state index contributed by atoms with van der Waals surface area (Å²) in [5.74, 6) is -0.290. The van der Waals surface area contributed by atoms with Crippen LogP contribution >= 0.6 is 23.1 Å². The van der Waals surface area contributed by atoms with Gasteiger partial charge in [-0.3, -0.25) is 19.9 Å². The molecular formula is C19H23N3O3S2.